The molecule has 0 aliphatic carbocycles. The standard InChI is InChI=1S/C13H16F2N2S/c1-7(2)12-6-16-13(18-12)17-11-5-9(14)8(3)4-10(11)15/h4-5,7,12H,6H2,1-3H3,(H,16,17). The topological polar surface area (TPSA) is 24.4 Å². The van der Waals surface area contributed by atoms with Crippen molar-refractivity contribution >= 4 is 22.6 Å². The highest BCUT2D eigenvalue weighted by atomic mass is 32.2. The average molecular weight is 270 g/mol. The molecular weight excluding hydrogens is 254 g/mol. The van der Waals surface area contributed by atoms with E-state index >= 15 is 0 Å². The van der Waals surface area contributed by atoms with Crippen LogP contribution in [0.25, 0.3) is 0 Å². The molecule has 0 spiro atoms. The Kier molecular flexibility index (Phi) is 3.90. The van der Waals surface area contributed by atoms with Crippen molar-refractivity contribution in [3.8, 4) is 0 Å². The average Bonchev–Trinajstić information content (AvgIpc) is 2.74. The zero-order valence-electron chi connectivity index (χ0n) is 10.6. The molecule has 0 saturated heterocycles. The number of rotatable bonds is 2. The number of halogens is 2. The van der Waals surface area contributed by atoms with Crippen LogP contribution >= 0.6 is 11.8 Å². The molecule has 98 valence electrons. The van der Waals surface area contributed by atoms with Crippen molar-refractivity contribution in [3.05, 3.63) is 29.3 Å². The van der Waals surface area contributed by atoms with Crippen molar-refractivity contribution in [1.82, 2.24) is 0 Å². The highest BCUT2D eigenvalue weighted by molar-refractivity contribution is 8.15. The maximum absolute atomic E-state index is 13.6. The van der Waals surface area contributed by atoms with E-state index < -0.39 is 11.6 Å². The number of aliphatic imine (C=N–C) groups is 1. The molecule has 18 heavy (non-hydrogen) atoms. The van der Waals surface area contributed by atoms with Gasteiger partial charge in [0.15, 0.2) is 5.17 Å². The first kappa shape index (κ1) is 13.3. The Labute approximate surface area is 110 Å². The van der Waals surface area contributed by atoms with E-state index in [9.17, 15) is 8.78 Å². The Morgan fingerprint density at radius 2 is 2.06 bits per heavy atom. The van der Waals surface area contributed by atoms with Crippen molar-refractivity contribution in [2.75, 3.05) is 11.9 Å². The van der Waals surface area contributed by atoms with Crippen molar-refractivity contribution in [2.24, 2.45) is 10.9 Å². The van der Waals surface area contributed by atoms with E-state index in [1.807, 2.05) is 0 Å². The maximum atomic E-state index is 13.6. The molecule has 0 aromatic heterocycles. The van der Waals surface area contributed by atoms with Crippen LogP contribution in [0.2, 0.25) is 0 Å². The van der Waals surface area contributed by atoms with Crippen molar-refractivity contribution in [3.63, 3.8) is 0 Å². The number of nitrogens with one attached hydrogen (secondary N) is 1. The third-order valence-corrected chi connectivity index (χ3v) is 4.36. The van der Waals surface area contributed by atoms with Crippen molar-refractivity contribution in [1.29, 1.82) is 0 Å². The summed E-state index contributed by atoms with van der Waals surface area (Å²) in [6.07, 6.45) is 0. The molecule has 5 heteroatoms. The fourth-order valence-corrected chi connectivity index (χ4v) is 2.69. The molecule has 1 unspecified atom stereocenters. The van der Waals surface area contributed by atoms with Crippen LogP contribution in [0.3, 0.4) is 0 Å². The number of benzene rings is 1. The van der Waals surface area contributed by atoms with Gasteiger partial charge in [0.05, 0.1) is 12.2 Å². The van der Waals surface area contributed by atoms with Gasteiger partial charge >= 0.3 is 0 Å². The van der Waals surface area contributed by atoms with Crippen molar-refractivity contribution in [2.45, 2.75) is 26.0 Å². The van der Waals surface area contributed by atoms with Gasteiger partial charge in [-0.25, -0.2) is 8.78 Å². The summed E-state index contributed by atoms with van der Waals surface area (Å²) in [7, 11) is 0. The summed E-state index contributed by atoms with van der Waals surface area (Å²) in [6.45, 7) is 6.52. The lowest BCUT2D eigenvalue weighted by Gasteiger charge is -2.12. The summed E-state index contributed by atoms with van der Waals surface area (Å²) in [5.41, 5.74) is 0.452. The van der Waals surface area contributed by atoms with Gasteiger partial charge in [0.2, 0.25) is 0 Å². The van der Waals surface area contributed by atoms with Gasteiger partial charge in [-0.2, -0.15) is 0 Å². The zero-order valence-corrected chi connectivity index (χ0v) is 11.4. The zero-order chi connectivity index (χ0) is 13.3. The Morgan fingerprint density at radius 1 is 1.33 bits per heavy atom. The van der Waals surface area contributed by atoms with E-state index in [0.717, 1.165) is 6.54 Å². The number of aryl methyl sites for hydroxylation is 1. The lowest BCUT2D eigenvalue weighted by Crippen LogP contribution is -2.13. The SMILES string of the molecule is Cc1cc(F)c(NC2=NCC(C(C)C)S2)cc1F. The number of amidine groups is 1. The molecule has 1 aliphatic rings. The number of hydrogen-bond acceptors (Lipinski definition) is 3. The smallest absolute Gasteiger partial charge is 0.161 e. The molecule has 1 heterocycles. The third-order valence-electron chi connectivity index (χ3n) is 2.91. The molecule has 2 nitrogen and oxygen atoms in total. The van der Waals surface area contributed by atoms with Gasteiger partial charge in [0.1, 0.15) is 11.6 Å². The second-order valence-electron chi connectivity index (χ2n) is 4.75. The highest BCUT2D eigenvalue weighted by Gasteiger charge is 2.23. The molecular formula is C13H16F2N2S. The van der Waals surface area contributed by atoms with Crippen LogP contribution < -0.4 is 5.32 Å². The number of hydrogen-bond donors (Lipinski definition) is 1. The Hall–Kier alpha value is -1.10. The van der Waals surface area contributed by atoms with Crippen LogP contribution in [0.15, 0.2) is 17.1 Å². The number of thioether (sulfide) groups is 1. The first-order chi connectivity index (χ1) is 8.47. The van der Waals surface area contributed by atoms with E-state index in [0.29, 0.717) is 21.9 Å². The van der Waals surface area contributed by atoms with E-state index in [1.54, 1.807) is 18.7 Å². The van der Waals surface area contributed by atoms with Gasteiger partial charge in [-0.05, 0) is 24.5 Å². The molecule has 1 aromatic rings. The second kappa shape index (κ2) is 5.26. The molecule has 0 radical (unpaired) electrons. The monoisotopic (exact) mass is 270 g/mol. The van der Waals surface area contributed by atoms with Gasteiger partial charge in [-0.15, -0.1) is 0 Å². The first-order valence-electron chi connectivity index (χ1n) is 5.91. The van der Waals surface area contributed by atoms with Crippen LogP contribution in [0, 0.1) is 24.5 Å². The third kappa shape index (κ3) is 2.83. The van der Waals surface area contributed by atoms with Crippen LogP contribution in [-0.2, 0) is 0 Å². The van der Waals surface area contributed by atoms with E-state index in [4.69, 9.17) is 0 Å². The normalized spacial score (nSPS) is 19.2. The van der Waals surface area contributed by atoms with Crippen LogP contribution in [-0.4, -0.2) is 17.0 Å². The minimum atomic E-state index is -0.454. The Balaban J connectivity index is 2.09. The molecule has 0 amide bonds. The molecule has 1 aliphatic heterocycles. The van der Waals surface area contributed by atoms with E-state index in [-0.39, 0.29) is 5.69 Å². The maximum Gasteiger partial charge on any atom is 0.161 e. The Morgan fingerprint density at radius 3 is 2.67 bits per heavy atom. The molecule has 1 N–H and O–H groups in total. The fourth-order valence-electron chi connectivity index (χ4n) is 1.66. The molecule has 1 atom stereocenters. The second-order valence-corrected chi connectivity index (χ2v) is 5.98. The van der Waals surface area contributed by atoms with Gasteiger partial charge in [-0.1, -0.05) is 25.6 Å². The predicted octanol–water partition coefficient (Wildman–Crippen LogP) is 3.81. The van der Waals surface area contributed by atoms with Crippen LogP contribution in [0.4, 0.5) is 14.5 Å². The lowest BCUT2D eigenvalue weighted by molar-refractivity contribution is 0.596. The summed E-state index contributed by atoms with van der Waals surface area (Å²) in [5.74, 6) is -0.356. The van der Waals surface area contributed by atoms with Crippen LogP contribution in [0.1, 0.15) is 19.4 Å². The minimum Gasteiger partial charge on any atom is -0.332 e. The van der Waals surface area contributed by atoms with Gasteiger partial charge in [-0.3, -0.25) is 4.99 Å². The van der Waals surface area contributed by atoms with Crippen LogP contribution in [0.5, 0.6) is 0 Å². The van der Waals surface area contributed by atoms with Crippen molar-refractivity contribution < 1.29 is 8.78 Å². The summed E-state index contributed by atoms with van der Waals surface area (Å²) in [6, 6.07) is 2.37. The van der Waals surface area contributed by atoms with E-state index in [2.05, 4.69) is 24.2 Å². The molecule has 0 bridgehead atoms. The molecule has 0 saturated carbocycles. The summed E-state index contributed by atoms with van der Waals surface area (Å²) >= 11 is 1.58. The van der Waals surface area contributed by atoms with Gasteiger partial charge < -0.3 is 5.32 Å². The lowest BCUT2D eigenvalue weighted by atomic mass is 10.1. The fraction of sp³-hybridized carbons (Fsp3) is 0.462. The Bertz CT molecular complexity index is 486. The largest absolute Gasteiger partial charge is 0.332 e. The predicted molar refractivity (Wildman–Crippen MR) is 73.2 cm³/mol. The molecule has 0 fully saturated rings. The summed E-state index contributed by atoms with van der Waals surface area (Å²) in [5, 5.41) is 3.93. The van der Waals surface area contributed by atoms with Gasteiger partial charge in [0, 0.05) is 11.3 Å². The number of anilines is 1. The first-order valence-corrected chi connectivity index (χ1v) is 6.79. The summed E-state index contributed by atoms with van der Waals surface area (Å²) < 4.78 is 27.0. The highest BCUT2D eigenvalue weighted by Crippen LogP contribution is 2.29. The molecule has 1 aromatic carbocycles. The molecule has 2 rings (SSSR count). The summed E-state index contributed by atoms with van der Waals surface area (Å²) in [4.78, 5) is 4.31. The minimum absolute atomic E-state index is 0.147. The van der Waals surface area contributed by atoms with Gasteiger partial charge in [0.25, 0.3) is 0 Å². The number of nitrogens with zero attached hydrogens (tertiary/aromatic N) is 1. The van der Waals surface area contributed by atoms with E-state index in [1.165, 1.54) is 12.1 Å². The quantitative estimate of drug-likeness (QED) is 0.883.